The van der Waals surface area contributed by atoms with Crippen LogP contribution in [0, 0.1) is 11.6 Å². The van der Waals surface area contributed by atoms with E-state index in [1.807, 2.05) is 0 Å². The van der Waals surface area contributed by atoms with E-state index < -0.39 is 16.7 Å². The summed E-state index contributed by atoms with van der Waals surface area (Å²) in [6.07, 6.45) is 0. The lowest BCUT2D eigenvalue weighted by Gasteiger charge is -2.06. The number of para-hydroxylation sites is 1. The monoisotopic (exact) mass is 239 g/mol. The number of hydrogen-bond acceptors (Lipinski definition) is 1. The van der Waals surface area contributed by atoms with Crippen molar-refractivity contribution < 1.29 is 8.78 Å². The third-order valence-corrected chi connectivity index (χ3v) is 2.62. The first kappa shape index (κ1) is 10.9. The van der Waals surface area contributed by atoms with E-state index in [0.29, 0.717) is 16.8 Å². The summed E-state index contributed by atoms with van der Waals surface area (Å²) >= 11 is 5.40. The molecule has 0 amide bonds. The maximum absolute atomic E-state index is 13.2. The van der Waals surface area contributed by atoms with Crippen LogP contribution in [-0.4, -0.2) is 0 Å². The number of anilines is 1. The Morgan fingerprint density at radius 1 is 1.00 bits per heavy atom. The van der Waals surface area contributed by atoms with Crippen LogP contribution in [0.4, 0.5) is 14.5 Å². The highest BCUT2D eigenvalue weighted by molar-refractivity contribution is 6.31. The zero-order valence-corrected chi connectivity index (χ0v) is 8.93. The van der Waals surface area contributed by atoms with Crippen LogP contribution < -0.4 is 5.73 Å². The number of hydrogen-bond donors (Lipinski definition) is 1. The maximum atomic E-state index is 13.2. The lowest BCUT2D eigenvalue weighted by Crippen LogP contribution is -1.92. The highest BCUT2D eigenvalue weighted by Gasteiger charge is 2.11. The number of halogens is 3. The van der Waals surface area contributed by atoms with E-state index in [1.165, 1.54) is 0 Å². The Hall–Kier alpha value is -1.61. The average molecular weight is 240 g/mol. The van der Waals surface area contributed by atoms with E-state index in [4.69, 9.17) is 17.3 Å². The quantitative estimate of drug-likeness (QED) is 0.593. The fourth-order valence-electron chi connectivity index (χ4n) is 1.47. The normalized spacial score (nSPS) is 10.4. The van der Waals surface area contributed by atoms with E-state index in [-0.39, 0.29) is 0 Å². The molecule has 0 saturated heterocycles. The van der Waals surface area contributed by atoms with Gasteiger partial charge in [-0.1, -0.05) is 29.8 Å². The lowest BCUT2D eigenvalue weighted by atomic mass is 10.0. The van der Waals surface area contributed by atoms with Gasteiger partial charge in [0.25, 0.3) is 0 Å². The van der Waals surface area contributed by atoms with E-state index in [9.17, 15) is 8.78 Å². The van der Waals surface area contributed by atoms with Crippen molar-refractivity contribution in [2.24, 2.45) is 0 Å². The smallest absolute Gasteiger partial charge is 0.145 e. The molecule has 0 aliphatic rings. The molecule has 16 heavy (non-hydrogen) atoms. The minimum atomic E-state index is -0.792. The Morgan fingerprint density at radius 2 is 1.56 bits per heavy atom. The van der Waals surface area contributed by atoms with Crippen molar-refractivity contribution in [3.8, 4) is 11.1 Å². The zero-order chi connectivity index (χ0) is 11.7. The molecule has 0 fully saturated rings. The molecular weight excluding hydrogens is 232 g/mol. The molecule has 0 spiro atoms. The third kappa shape index (κ3) is 1.86. The molecule has 0 unspecified atom stereocenters. The van der Waals surface area contributed by atoms with Crippen LogP contribution in [-0.2, 0) is 0 Å². The van der Waals surface area contributed by atoms with Crippen molar-refractivity contribution in [3.63, 3.8) is 0 Å². The highest BCUT2D eigenvalue weighted by Crippen LogP contribution is 2.30. The van der Waals surface area contributed by atoms with Crippen LogP contribution in [0.1, 0.15) is 0 Å². The van der Waals surface area contributed by atoms with Crippen molar-refractivity contribution in [3.05, 3.63) is 53.1 Å². The Balaban J connectivity index is 2.62. The molecule has 0 aliphatic carbocycles. The molecule has 0 atom stereocenters. The number of rotatable bonds is 1. The standard InChI is InChI=1S/C12H8ClF2N/c13-12-9(14)5-7(6-10(12)15)8-3-1-2-4-11(8)16/h1-6H,16H2. The summed E-state index contributed by atoms with van der Waals surface area (Å²) in [6, 6.07) is 9.18. The molecule has 2 aromatic carbocycles. The zero-order valence-electron chi connectivity index (χ0n) is 8.18. The largest absolute Gasteiger partial charge is 0.398 e. The van der Waals surface area contributed by atoms with Crippen LogP contribution >= 0.6 is 11.6 Å². The average Bonchev–Trinajstić information content (AvgIpc) is 2.26. The summed E-state index contributed by atoms with van der Waals surface area (Å²) in [5.41, 5.74) is 7.13. The van der Waals surface area contributed by atoms with Gasteiger partial charge in [-0.3, -0.25) is 0 Å². The Bertz CT molecular complexity index is 517. The Labute approximate surface area is 96.5 Å². The topological polar surface area (TPSA) is 26.0 Å². The summed E-state index contributed by atoms with van der Waals surface area (Å²) < 4.78 is 26.5. The van der Waals surface area contributed by atoms with Crippen LogP contribution in [0.15, 0.2) is 36.4 Å². The first-order chi connectivity index (χ1) is 7.59. The van der Waals surface area contributed by atoms with E-state index in [2.05, 4.69) is 0 Å². The molecule has 0 radical (unpaired) electrons. The Kier molecular flexibility index (Phi) is 2.79. The molecule has 4 heteroatoms. The van der Waals surface area contributed by atoms with Gasteiger partial charge in [-0.15, -0.1) is 0 Å². The van der Waals surface area contributed by atoms with Crippen molar-refractivity contribution in [2.45, 2.75) is 0 Å². The molecule has 82 valence electrons. The number of benzene rings is 2. The van der Waals surface area contributed by atoms with Gasteiger partial charge in [0.1, 0.15) is 16.7 Å². The van der Waals surface area contributed by atoms with Crippen molar-refractivity contribution in [2.75, 3.05) is 5.73 Å². The molecular formula is C12H8ClF2N. The molecule has 0 bridgehead atoms. The van der Waals surface area contributed by atoms with Gasteiger partial charge in [0.15, 0.2) is 0 Å². The van der Waals surface area contributed by atoms with Crippen LogP contribution in [0.25, 0.3) is 11.1 Å². The van der Waals surface area contributed by atoms with Gasteiger partial charge in [0, 0.05) is 11.3 Å². The van der Waals surface area contributed by atoms with E-state index in [1.54, 1.807) is 24.3 Å². The molecule has 2 rings (SSSR count). The second-order valence-electron chi connectivity index (χ2n) is 3.34. The van der Waals surface area contributed by atoms with Crippen LogP contribution in [0.3, 0.4) is 0 Å². The molecule has 1 nitrogen and oxygen atoms in total. The fourth-order valence-corrected chi connectivity index (χ4v) is 1.58. The van der Waals surface area contributed by atoms with Crippen molar-refractivity contribution in [1.82, 2.24) is 0 Å². The van der Waals surface area contributed by atoms with Crippen molar-refractivity contribution >= 4 is 17.3 Å². The van der Waals surface area contributed by atoms with Gasteiger partial charge in [-0.25, -0.2) is 8.78 Å². The number of nitrogens with two attached hydrogens (primary N) is 1. The van der Waals surface area contributed by atoms with Crippen LogP contribution in [0.5, 0.6) is 0 Å². The predicted molar refractivity (Wildman–Crippen MR) is 61.2 cm³/mol. The van der Waals surface area contributed by atoms with Gasteiger partial charge in [-0.05, 0) is 23.8 Å². The number of nitrogen functional groups attached to an aromatic ring is 1. The minimum Gasteiger partial charge on any atom is -0.398 e. The summed E-state index contributed by atoms with van der Waals surface area (Å²) in [5, 5.41) is -0.502. The molecule has 0 aliphatic heterocycles. The van der Waals surface area contributed by atoms with Gasteiger partial charge in [0.05, 0.1) is 0 Å². The third-order valence-electron chi connectivity index (χ3n) is 2.26. The predicted octanol–water partition coefficient (Wildman–Crippen LogP) is 3.87. The van der Waals surface area contributed by atoms with Gasteiger partial charge >= 0.3 is 0 Å². The maximum Gasteiger partial charge on any atom is 0.145 e. The molecule has 2 aromatic rings. The van der Waals surface area contributed by atoms with Crippen LogP contribution in [0.2, 0.25) is 5.02 Å². The summed E-state index contributed by atoms with van der Waals surface area (Å²) in [6.45, 7) is 0. The summed E-state index contributed by atoms with van der Waals surface area (Å²) in [5.74, 6) is -1.58. The first-order valence-corrected chi connectivity index (χ1v) is 4.97. The molecule has 0 aromatic heterocycles. The highest BCUT2D eigenvalue weighted by atomic mass is 35.5. The second-order valence-corrected chi connectivity index (χ2v) is 3.72. The first-order valence-electron chi connectivity index (χ1n) is 4.59. The summed E-state index contributed by atoms with van der Waals surface area (Å²) in [7, 11) is 0. The molecule has 0 saturated carbocycles. The molecule has 0 heterocycles. The molecule has 2 N–H and O–H groups in total. The van der Waals surface area contributed by atoms with Gasteiger partial charge < -0.3 is 5.73 Å². The van der Waals surface area contributed by atoms with Crippen molar-refractivity contribution in [1.29, 1.82) is 0 Å². The summed E-state index contributed by atoms with van der Waals surface area (Å²) in [4.78, 5) is 0. The second kappa shape index (κ2) is 4.10. The van der Waals surface area contributed by atoms with Gasteiger partial charge in [-0.2, -0.15) is 0 Å². The van der Waals surface area contributed by atoms with E-state index >= 15 is 0 Å². The minimum absolute atomic E-state index is 0.373. The lowest BCUT2D eigenvalue weighted by molar-refractivity contribution is 0.585. The fraction of sp³-hybridized carbons (Fsp3) is 0. The SMILES string of the molecule is Nc1ccccc1-c1cc(F)c(Cl)c(F)c1. The van der Waals surface area contributed by atoms with Gasteiger partial charge in [0.2, 0.25) is 0 Å². The van der Waals surface area contributed by atoms with E-state index in [0.717, 1.165) is 12.1 Å². The Morgan fingerprint density at radius 3 is 2.12 bits per heavy atom.